The molecule has 0 fully saturated rings. The van der Waals surface area contributed by atoms with Gasteiger partial charge in [0.1, 0.15) is 11.6 Å². The molecule has 24 heavy (non-hydrogen) atoms. The van der Waals surface area contributed by atoms with Gasteiger partial charge < -0.3 is 15.1 Å². The predicted octanol–water partition coefficient (Wildman–Crippen LogP) is 2.97. The second kappa shape index (κ2) is 6.59. The van der Waals surface area contributed by atoms with Gasteiger partial charge in [-0.15, -0.1) is 0 Å². The molecule has 1 aromatic carbocycles. The highest BCUT2D eigenvalue weighted by Crippen LogP contribution is 2.26. The zero-order chi connectivity index (χ0) is 17.3. The number of amides is 1. The van der Waals surface area contributed by atoms with Crippen molar-refractivity contribution in [1.29, 1.82) is 0 Å². The van der Waals surface area contributed by atoms with Crippen LogP contribution in [0, 0.1) is 18.6 Å². The average Bonchev–Trinajstić information content (AvgIpc) is 3.13. The Bertz CT molecular complexity index is 814. The Kier molecular flexibility index (Phi) is 4.51. The Labute approximate surface area is 138 Å². The highest BCUT2D eigenvalue weighted by Gasteiger charge is 2.26. The van der Waals surface area contributed by atoms with Crippen LogP contribution in [0.2, 0.25) is 0 Å². The van der Waals surface area contributed by atoms with Crippen molar-refractivity contribution in [2.45, 2.75) is 39.2 Å². The molecular formula is C17H19F2N3O2. The number of aromatic nitrogens is 1. The summed E-state index contributed by atoms with van der Waals surface area (Å²) in [5.41, 5.74) is 2.71. The number of aryl methyl sites for hydroxylation is 1. The molecule has 3 rings (SSSR count). The van der Waals surface area contributed by atoms with Crippen LogP contribution in [-0.4, -0.2) is 29.3 Å². The van der Waals surface area contributed by atoms with Crippen molar-refractivity contribution in [1.82, 2.24) is 10.3 Å². The van der Waals surface area contributed by atoms with Crippen molar-refractivity contribution in [3.63, 3.8) is 0 Å². The Morgan fingerprint density at radius 1 is 1.46 bits per heavy atom. The van der Waals surface area contributed by atoms with Gasteiger partial charge in [-0.25, -0.2) is 8.78 Å². The van der Waals surface area contributed by atoms with Crippen molar-refractivity contribution in [2.24, 2.45) is 5.16 Å². The molecule has 1 aliphatic heterocycles. The quantitative estimate of drug-likeness (QED) is 0.882. The average molecular weight is 335 g/mol. The van der Waals surface area contributed by atoms with Crippen molar-refractivity contribution >= 4 is 22.5 Å². The standard InChI is InChI=1S/C17H19F2N3O2/c1-3-11-8-15(24-22-11)17(23)20-5-4-12-9(2)21-16-13(12)6-10(18)7-14(16)19/h6-7,15,21H,3-5,8H2,1-2H3,(H,20,23). The van der Waals surface area contributed by atoms with E-state index in [1.165, 1.54) is 6.07 Å². The SMILES string of the molecule is CCC1=NOC(C(=O)NCCc2c(C)[nH]c3c(F)cc(F)cc23)C1. The van der Waals surface area contributed by atoms with Gasteiger partial charge in [0.05, 0.1) is 11.2 Å². The molecule has 1 aromatic heterocycles. The number of nitrogens with zero attached hydrogens (tertiary/aromatic N) is 1. The number of nitrogens with one attached hydrogen (secondary N) is 2. The summed E-state index contributed by atoms with van der Waals surface area (Å²) in [4.78, 5) is 20.1. The predicted molar refractivity (Wildman–Crippen MR) is 86.9 cm³/mol. The van der Waals surface area contributed by atoms with Crippen LogP contribution in [0.5, 0.6) is 0 Å². The van der Waals surface area contributed by atoms with E-state index in [2.05, 4.69) is 15.5 Å². The Hall–Kier alpha value is -2.44. The first-order valence-corrected chi connectivity index (χ1v) is 7.95. The van der Waals surface area contributed by atoms with Gasteiger partial charge in [-0.05, 0) is 31.4 Å². The van der Waals surface area contributed by atoms with E-state index < -0.39 is 17.7 Å². The molecule has 7 heteroatoms. The smallest absolute Gasteiger partial charge is 0.264 e. The van der Waals surface area contributed by atoms with Crippen LogP contribution in [0.15, 0.2) is 17.3 Å². The third-order valence-electron chi connectivity index (χ3n) is 4.25. The van der Waals surface area contributed by atoms with E-state index in [1.807, 2.05) is 6.92 Å². The maximum Gasteiger partial charge on any atom is 0.264 e. The zero-order valence-corrected chi connectivity index (χ0v) is 13.6. The van der Waals surface area contributed by atoms with Gasteiger partial charge in [0.25, 0.3) is 5.91 Å². The van der Waals surface area contributed by atoms with Gasteiger partial charge in [-0.2, -0.15) is 0 Å². The molecule has 0 saturated heterocycles. The van der Waals surface area contributed by atoms with Gasteiger partial charge in [0, 0.05) is 30.1 Å². The molecule has 1 unspecified atom stereocenters. The van der Waals surface area contributed by atoms with Crippen LogP contribution >= 0.6 is 0 Å². The maximum absolute atomic E-state index is 13.8. The van der Waals surface area contributed by atoms with E-state index in [0.717, 1.165) is 29.5 Å². The number of carbonyl (C=O) groups is 1. The number of hydrogen-bond donors (Lipinski definition) is 2. The number of rotatable bonds is 5. The molecule has 0 radical (unpaired) electrons. The molecule has 128 valence electrons. The number of aromatic amines is 1. The summed E-state index contributed by atoms with van der Waals surface area (Å²) in [6, 6.07) is 2.16. The number of hydrogen-bond acceptors (Lipinski definition) is 3. The first-order valence-electron chi connectivity index (χ1n) is 7.95. The monoisotopic (exact) mass is 335 g/mol. The number of oxime groups is 1. The molecule has 1 atom stereocenters. The van der Waals surface area contributed by atoms with Gasteiger partial charge >= 0.3 is 0 Å². The summed E-state index contributed by atoms with van der Waals surface area (Å²) in [5, 5.41) is 7.15. The topological polar surface area (TPSA) is 66.5 Å². The highest BCUT2D eigenvalue weighted by atomic mass is 19.1. The molecule has 2 heterocycles. The Morgan fingerprint density at radius 3 is 2.96 bits per heavy atom. The maximum atomic E-state index is 13.8. The van der Waals surface area contributed by atoms with Crippen LogP contribution in [0.4, 0.5) is 8.78 Å². The number of H-pyrrole nitrogens is 1. The van der Waals surface area contributed by atoms with E-state index in [4.69, 9.17) is 4.84 Å². The summed E-state index contributed by atoms with van der Waals surface area (Å²) < 4.78 is 27.3. The zero-order valence-electron chi connectivity index (χ0n) is 13.6. The fourth-order valence-electron chi connectivity index (χ4n) is 2.93. The van der Waals surface area contributed by atoms with Gasteiger partial charge in [-0.1, -0.05) is 12.1 Å². The molecule has 0 aliphatic carbocycles. The Morgan fingerprint density at radius 2 is 2.25 bits per heavy atom. The first kappa shape index (κ1) is 16.4. The molecule has 5 nitrogen and oxygen atoms in total. The molecule has 0 saturated carbocycles. The minimum atomic E-state index is -0.619. The molecular weight excluding hydrogens is 316 g/mol. The normalized spacial score (nSPS) is 17.0. The summed E-state index contributed by atoms with van der Waals surface area (Å²) in [6.07, 6.45) is 1.15. The minimum Gasteiger partial charge on any atom is -0.382 e. The lowest BCUT2D eigenvalue weighted by atomic mass is 10.1. The number of halogens is 2. The molecule has 2 aromatic rings. The van der Waals surface area contributed by atoms with Crippen LogP contribution in [0.3, 0.4) is 0 Å². The highest BCUT2D eigenvalue weighted by molar-refractivity contribution is 5.92. The molecule has 1 aliphatic rings. The van der Waals surface area contributed by atoms with Crippen molar-refractivity contribution in [3.8, 4) is 0 Å². The lowest BCUT2D eigenvalue weighted by molar-refractivity contribution is -0.131. The van der Waals surface area contributed by atoms with Crippen LogP contribution in [0.1, 0.15) is 31.0 Å². The van der Waals surface area contributed by atoms with E-state index in [-0.39, 0.29) is 11.4 Å². The van der Waals surface area contributed by atoms with Crippen LogP contribution in [0.25, 0.3) is 10.9 Å². The van der Waals surface area contributed by atoms with Gasteiger partial charge in [0.15, 0.2) is 0 Å². The van der Waals surface area contributed by atoms with E-state index >= 15 is 0 Å². The summed E-state index contributed by atoms with van der Waals surface area (Å²) in [7, 11) is 0. The van der Waals surface area contributed by atoms with Gasteiger partial charge in [0.2, 0.25) is 6.10 Å². The van der Waals surface area contributed by atoms with E-state index in [0.29, 0.717) is 24.8 Å². The molecule has 0 bridgehead atoms. The lowest BCUT2D eigenvalue weighted by Crippen LogP contribution is -2.35. The fourth-order valence-corrected chi connectivity index (χ4v) is 2.93. The fraction of sp³-hybridized carbons (Fsp3) is 0.412. The molecule has 1 amide bonds. The number of benzene rings is 1. The van der Waals surface area contributed by atoms with Crippen molar-refractivity contribution < 1.29 is 18.4 Å². The molecule has 0 spiro atoms. The van der Waals surface area contributed by atoms with E-state index in [9.17, 15) is 13.6 Å². The van der Waals surface area contributed by atoms with Crippen molar-refractivity contribution in [3.05, 3.63) is 35.0 Å². The van der Waals surface area contributed by atoms with Crippen LogP contribution < -0.4 is 5.32 Å². The second-order valence-corrected chi connectivity index (χ2v) is 5.89. The molecule has 2 N–H and O–H groups in total. The van der Waals surface area contributed by atoms with E-state index in [1.54, 1.807) is 6.92 Å². The third kappa shape index (κ3) is 3.11. The lowest BCUT2D eigenvalue weighted by Gasteiger charge is -2.09. The summed E-state index contributed by atoms with van der Waals surface area (Å²) >= 11 is 0. The van der Waals surface area contributed by atoms with Crippen LogP contribution in [-0.2, 0) is 16.1 Å². The largest absolute Gasteiger partial charge is 0.382 e. The second-order valence-electron chi connectivity index (χ2n) is 5.89. The first-order chi connectivity index (χ1) is 11.5. The number of fused-ring (bicyclic) bond motifs is 1. The Balaban J connectivity index is 1.64. The summed E-state index contributed by atoms with van der Waals surface area (Å²) in [6.45, 7) is 4.11. The summed E-state index contributed by atoms with van der Waals surface area (Å²) in [5.74, 6) is -1.46. The third-order valence-corrected chi connectivity index (χ3v) is 4.25. The van der Waals surface area contributed by atoms with Gasteiger partial charge in [-0.3, -0.25) is 4.79 Å². The minimum absolute atomic E-state index is 0.225. The number of carbonyl (C=O) groups excluding carboxylic acids is 1. The van der Waals surface area contributed by atoms with Crippen molar-refractivity contribution in [2.75, 3.05) is 6.54 Å².